The van der Waals surface area contributed by atoms with E-state index in [4.69, 9.17) is 19.9 Å². The Morgan fingerprint density at radius 1 is 0.837 bits per heavy atom. The zero-order valence-corrected chi connectivity index (χ0v) is 24.8. The molecule has 1 amide bonds. The molecule has 0 saturated carbocycles. The van der Waals surface area contributed by atoms with E-state index >= 15 is 0 Å². The van der Waals surface area contributed by atoms with Gasteiger partial charge in [-0.05, 0) is 81.8 Å². The average Bonchev–Trinajstić information content (AvgIpc) is 3.37. The number of esters is 2. The van der Waals surface area contributed by atoms with Crippen LogP contribution in [0.25, 0.3) is 0 Å². The molecule has 0 bridgehead atoms. The lowest BCUT2D eigenvalue weighted by Gasteiger charge is -2.26. The molecule has 4 rings (SSSR count). The van der Waals surface area contributed by atoms with Gasteiger partial charge in [-0.1, -0.05) is 13.8 Å². The summed E-state index contributed by atoms with van der Waals surface area (Å²) in [4.78, 5) is 35.0. The zero-order valence-electron chi connectivity index (χ0n) is 24.8. The summed E-state index contributed by atoms with van der Waals surface area (Å²) in [7, 11) is 0. The van der Waals surface area contributed by atoms with Crippen LogP contribution in [-0.2, 0) is 36.6 Å². The predicted octanol–water partition coefficient (Wildman–Crippen LogP) is 5.14. The van der Waals surface area contributed by atoms with Crippen LogP contribution >= 0.6 is 0 Å². The Morgan fingerprint density at radius 3 is 1.65 bits per heavy atom. The van der Waals surface area contributed by atoms with Gasteiger partial charge in [0.05, 0.1) is 17.9 Å². The van der Waals surface area contributed by atoms with E-state index < -0.39 is 53.2 Å². The highest BCUT2D eigenvalue weighted by atomic mass is 19.1. The Kier molecular flexibility index (Phi) is 11.2. The molecule has 0 aromatic heterocycles. The standard InChI is InChI=1S/C18H23F2NO4.C13H15F2NO2/c1-10-5-15(24-16(10)22)14(21-17(23)25-18(2,3)4)8-11-6-12(19)9-13(20)7-11;1-7-2-12(18-13(7)17)11(16)5-8-3-9(14)6-10(15)4-8/h6-7,9-10,14-15H,5,8H2,1-4H3,(H,21,23);3-4,6-7,11-12H,2,5,16H2,1H3/t10-,14-,15-;7-,11-,12-/m00/s1. The van der Waals surface area contributed by atoms with Crippen molar-refractivity contribution in [1.82, 2.24) is 5.32 Å². The second kappa shape index (κ2) is 14.2. The van der Waals surface area contributed by atoms with Crippen LogP contribution in [0.5, 0.6) is 0 Å². The van der Waals surface area contributed by atoms with Crippen molar-refractivity contribution in [2.24, 2.45) is 17.6 Å². The summed E-state index contributed by atoms with van der Waals surface area (Å²) < 4.78 is 68.5. The van der Waals surface area contributed by atoms with Crippen LogP contribution in [-0.4, -0.2) is 47.9 Å². The lowest BCUT2D eigenvalue weighted by atomic mass is 9.96. The number of halogens is 4. The van der Waals surface area contributed by atoms with Gasteiger partial charge in [0.2, 0.25) is 0 Å². The Bertz CT molecular complexity index is 1280. The summed E-state index contributed by atoms with van der Waals surface area (Å²) in [6.07, 6.45) is -0.280. The maximum atomic E-state index is 13.4. The molecule has 2 aliphatic rings. The SMILES string of the molecule is C[C@H]1C[C@@H]([C@@H](N)Cc2cc(F)cc(F)c2)OC1=O.C[C@H]1C[C@@H]([C@H](Cc2cc(F)cc(F)c2)NC(=O)OC(C)(C)C)OC1=O. The van der Waals surface area contributed by atoms with Crippen molar-refractivity contribution in [1.29, 1.82) is 0 Å². The second-order valence-electron chi connectivity index (χ2n) is 12.1. The minimum Gasteiger partial charge on any atom is -0.460 e. The van der Waals surface area contributed by atoms with Crippen molar-refractivity contribution in [2.75, 3.05) is 0 Å². The van der Waals surface area contributed by atoms with Crippen LogP contribution in [0.4, 0.5) is 22.4 Å². The third-order valence-electron chi connectivity index (χ3n) is 6.91. The second-order valence-corrected chi connectivity index (χ2v) is 12.1. The topological polar surface area (TPSA) is 117 Å². The first-order chi connectivity index (χ1) is 20.0. The molecule has 236 valence electrons. The number of amides is 1. The number of nitrogens with one attached hydrogen (secondary N) is 1. The number of cyclic esters (lactones) is 2. The Hall–Kier alpha value is -3.67. The van der Waals surface area contributed by atoms with E-state index in [-0.39, 0.29) is 42.7 Å². The Morgan fingerprint density at radius 2 is 1.26 bits per heavy atom. The summed E-state index contributed by atoms with van der Waals surface area (Å²) in [5.41, 5.74) is 6.04. The van der Waals surface area contributed by atoms with Crippen LogP contribution in [0.3, 0.4) is 0 Å². The number of hydrogen-bond acceptors (Lipinski definition) is 7. The minimum atomic E-state index is -0.706. The number of alkyl carbamates (subject to hydrolysis) is 1. The molecular formula is C31H38F4N2O6. The first-order valence-corrected chi connectivity index (χ1v) is 14.0. The molecule has 2 fully saturated rings. The molecule has 2 aliphatic heterocycles. The number of benzene rings is 2. The molecule has 6 atom stereocenters. The minimum absolute atomic E-state index is 0.110. The van der Waals surface area contributed by atoms with Gasteiger partial charge in [0.15, 0.2) is 0 Å². The van der Waals surface area contributed by atoms with E-state index in [0.29, 0.717) is 24.0 Å². The van der Waals surface area contributed by atoms with Crippen LogP contribution in [0, 0.1) is 35.1 Å². The fourth-order valence-electron chi connectivity index (χ4n) is 4.87. The van der Waals surface area contributed by atoms with Crippen molar-refractivity contribution >= 4 is 18.0 Å². The normalized spacial score (nSPS) is 23.0. The average molecular weight is 611 g/mol. The first-order valence-electron chi connectivity index (χ1n) is 14.0. The number of hydrogen-bond donors (Lipinski definition) is 2. The lowest BCUT2D eigenvalue weighted by molar-refractivity contribution is -0.145. The largest absolute Gasteiger partial charge is 0.460 e. The molecule has 2 heterocycles. The van der Waals surface area contributed by atoms with Crippen LogP contribution in [0.2, 0.25) is 0 Å². The van der Waals surface area contributed by atoms with Gasteiger partial charge in [-0.25, -0.2) is 22.4 Å². The van der Waals surface area contributed by atoms with Gasteiger partial charge in [-0.15, -0.1) is 0 Å². The smallest absolute Gasteiger partial charge is 0.408 e. The van der Waals surface area contributed by atoms with Gasteiger partial charge in [-0.2, -0.15) is 0 Å². The molecule has 2 aromatic carbocycles. The quantitative estimate of drug-likeness (QED) is 0.253. The monoisotopic (exact) mass is 610 g/mol. The molecule has 2 aromatic rings. The summed E-state index contributed by atoms with van der Waals surface area (Å²) >= 11 is 0. The predicted molar refractivity (Wildman–Crippen MR) is 149 cm³/mol. The fourth-order valence-corrected chi connectivity index (χ4v) is 4.87. The molecule has 43 heavy (non-hydrogen) atoms. The van der Waals surface area contributed by atoms with E-state index in [0.717, 1.165) is 12.1 Å². The molecule has 0 aliphatic carbocycles. The summed E-state index contributed by atoms with van der Waals surface area (Å²) in [6, 6.07) is 5.35. The van der Waals surface area contributed by atoms with Gasteiger partial charge >= 0.3 is 18.0 Å². The molecule has 0 spiro atoms. The summed E-state index contributed by atoms with van der Waals surface area (Å²) in [5, 5.41) is 2.66. The maximum absolute atomic E-state index is 13.4. The van der Waals surface area contributed by atoms with E-state index in [1.807, 2.05) is 0 Å². The van der Waals surface area contributed by atoms with Gasteiger partial charge in [0.25, 0.3) is 0 Å². The molecule has 3 N–H and O–H groups in total. The van der Waals surface area contributed by atoms with Crippen molar-refractivity contribution < 1.29 is 46.2 Å². The van der Waals surface area contributed by atoms with Gasteiger partial charge in [0.1, 0.15) is 41.1 Å². The van der Waals surface area contributed by atoms with E-state index in [2.05, 4.69) is 5.32 Å². The maximum Gasteiger partial charge on any atom is 0.408 e. The number of carbonyl (C=O) groups is 3. The highest BCUT2D eigenvalue weighted by molar-refractivity contribution is 5.75. The third kappa shape index (κ3) is 10.5. The molecule has 2 saturated heterocycles. The lowest BCUT2D eigenvalue weighted by Crippen LogP contribution is -2.46. The summed E-state index contributed by atoms with van der Waals surface area (Å²) in [6.45, 7) is 8.68. The van der Waals surface area contributed by atoms with Gasteiger partial charge in [0, 0.05) is 18.2 Å². The first kappa shape index (κ1) is 33.8. The van der Waals surface area contributed by atoms with Crippen molar-refractivity contribution in [3.8, 4) is 0 Å². The van der Waals surface area contributed by atoms with E-state index in [1.165, 1.54) is 24.3 Å². The van der Waals surface area contributed by atoms with E-state index in [1.54, 1.807) is 34.6 Å². The number of ether oxygens (including phenoxy) is 3. The van der Waals surface area contributed by atoms with Crippen LogP contribution in [0.1, 0.15) is 58.6 Å². The molecule has 0 unspecified atom stereocenters. The molecule has 12 heteroatoms. The van der Waals surface area contributed by atoms with Crippen molar-refractivity contribution in [3.63, 3.8) is 0 Å². The Balaban J connectivity index is 0.000000248. The molecule has 0 radical (unpaired) electrons. The van der Waals surface area contributed by atoms with Crippen molar-refractivity contribution in [2.45, 2.75) is 90.2 Å². The number of nitrogens with two attached hydrogens (primary N) is 1. The van der Waals surface area contributed by atoms with Gasteiger partial charge in [-0.3, -0.25) is 9.59 Å². The zero-order chi connectivity index (χ0) is 32.1. The highest BCUT2D eigenvalue weighted by Crippen LogP contribution is 2.26. The number of carbonyl (C=O) groups excluding carboxylic acids is 3. The molecular weight excluding hydrogens is 572 g/mol. The van der Waals surface area contributed by atoms with E-state index in [9.17, 15) is 31.9 Å². The summed E-state index contributed by atoms with van der Waals surface area (Å²) in [5.74, 6) is -3.75. The third-order valence-corrected chi connectivity index (χ3v) is 6.91. The number of rotatable bonds is 7. The Labute approximate surface area is 248 Å². The fraction of sp³-hybridized carbons (Fsp3) is 0.516. The van der Waals surface area contributed by atoms with Crippen LogP contribution in [0.15, 0.2) is 36.4 Å². The van der Waals surface area contributed by atoms with Gasteiger partial charge < -0.3 is 25.3 Å². The highest BCUT2D eigenvalue weighted by Gasteiger charge is 2.38. The van der Waals surface area contributed by atoms with Crippen LogP contribution < -0.4 is 11.1 Å². The van der Waals surface area contributed by atoms with Crippen molar-refractivity contribution in [3.05, 3.63) is 70.8 Å². The molecule has 8 nitrogen and oxygen atoms in total.